The summed E-state index contributed by atoms with van der Waals surface area (Å²) < 4.78 is 31.6. The Labute approximate surface area is 179 Å². The van der Waals surface area contributed by atoms with E-state index in [4.69, 9.17) is 14.2 Å². The van der Waals surface area contributed by atoms with Crippen molar-refractivity contribution in [2.45, 2.75) is 20.4 Å². The third kappa shape index (κ3) is 5.51. The molecule has 0 amide bonds. The number of Topliss-reactive ketones (excluding diaryl/α,β-unsaturated/α-hetero) is 1. The number of ketones is 1. The van der Waals surface area contributed by atoms with Crippen LogP contribution in [0.15, 0.2) is 59.5 Å². The lowest BCUT2D eigenvalue weighted by atomic mass is 10.1. The fourth-order valence-electron chi connectivity index (χ4n) is 3.04. The Kier molecular flexibility index (Phi) is 7.07. The summed E-state index contributed by atoms with van der Waals surface area (Å²) in [5.41, 5.74) is 0.989. The van der Waals surface area contributed by atoms with Crippen molar-refractivity contribution in [3.63, 3.8) is 0 Å². The molecular weight excluding hydrogens is 401 g/mol. The number of nitrogens with zero attached hydrogens (tertiary/aromatic N) is 1. The van der Waals surface area contributed by atoms with Crippen LogP contribution in [0.4, 0.5) is 4.39 Å². The minimum atomic E-state index is -0.379. The molecule has 0 radical (unpaired) electrons. The maximum absolute atomic E-state index is 13.4. The van der Waals surface area contributed by atoms with E-state index in [0.29, 0.717) is 35.7 Å². The molecule has 31 heavy (non-hydrogen) atoms. The van der Waals surface area contributed by atoms with E-state index >= 15 is 0 Å². The normalized spacial score (nSPS) is 10.6. The highest BCUT2D eigenvalue weighted by Crippen LogP contribution is 2.18. The topological polar surface area (TPSA) is 66.8 Å². The number of hydrogen-bond donors (Lipinski definition) is 0. The van der Waals surface area contributed by atoms with Gasteiger partial charge in [0.1, 0.15) is 23.9 Å². The minimum Gasteiger partial charge on any atom is -0.497 e. The second-order valence-corrected chi connectivity index (χ2v) is 6.99. The number of ether oxygens (including phenoxy) is 3. The molecule has 1 heterocycles. The van der Waals surface area contributed by atoms with E-state index in [-0.39, 0.29) is 29.4 Å². The van der Waals surface area contributed by atoms with Gasteiger partial charge in [0.05, 0.1) is 19.3 Å². The first kappa shape index (κ1) is 22.1. The van der Waals surface area contributed by atoms with Crippen LogP contribution in [-0.4, -0.2) is 30.7 Å². The van der Waals surface area contributed by atoms with Gasteiger partial charge < -0.3 is 18.8 Å². The van der Waals surface area contributed by atoms with E-state index in [1.807, 2.05) is 28.8 Å². The Morgan fingerprint density at radius 1 is 1.00 bits per heavy atom. The molecule has 0 saturated carbocycles. The summed E-state index contributed by atoms with van der Waals surface area (Å²) in [5, 5.41) is 0. The van der Waals surface area contributed by atoms with Crippen molar-refractivity contribution in [1.29, 1.82) is 0 Å². The molecule has 0 N–H and O–H groups in total. The molecule has 0 atom stereocenters. The summed E-state index contributed by atoms with van der Waals surface area (Å²) >= 11 is 0. The van der Waals surface area contributed by atoms with Gasteiger partial charge in [0.25, 0.3) is 0 Å². The van der Waals surface area contributed by atoms with Crippen molar-refractivity contribution < 1.29 is 23.4 Å². The van der Waals surface area contributed by atoms with E-state index < -0.39 is 0 Å². The predicted octanol–water partition coefficient (Wildman–Crippen LogP) is 3.95. The van der Waals surface area contributed by atoms with Gasteiger partial charge in [-0.1, -0.05) is 0 Å². The number of carbonyl (C=O) groups is 1. The molecule has 0 aliphatic heterocycles. The number of carbonyl (C=O) groups excluding carboxylic acids is 1. The van der Waals surface area contributed by atoms with Gasteiger partial charge in [-0.25, -0.2) is 4.39 Å². The average molecular weight is 425 g/mol. The Balaban J connectivity index is 1.63. The Bertz CT molecular complexity index is 1120. The zero-order chi connectivity index (χ0) is 22.4. The summed E-state index contributed by atoms with van der Waals surface area (Å²) in [5.74, 6) is 0.849. The van der Waals surface area contributed by atoms with Gasteiger partial charge in [0.15, 0.2) is 18.1 Å². The molecule has 2 aromatic carbocycles. The second kappa shape index (κ2) is 9.93. The van der Waals surface area contributed by atoms with E-state index in [9.17, 15) is 14.0 Å². The van der Waals surface area contributed by atoms with Crippen molar-refractivity contribution in [2.75, 3.05) is 20.3 Å². The molecule has 3 rings (SSSR count). The maximum Gasteiger partial charge on any atom is 0.223 e. The third-order valence-corrected chi connectivity index (χ3v) is 4.88. The maximum atomic E-state index is 13.4. The van der Waals surface area contributed by atoms with Crippen molar-refractivity contribution in [1.82, 2.24) is 4.57 Å². The number of aryl methyl sites for hydroxylation is 1. The van der Waals surface area contributed by atoms with Crippen LogP contribution in [0.25, 0.3) is 0 Å². The average Bonchev–Trinajstić information content (AvgIpc) is 2.77. The molecule has 7 heteroatoms. The fraction of sp³-hybridized carbons (Fsp3) is 0.250. The molecule has 0 fully saturated rings. The summed E-state index contributed by atoms with van der Waals surface area (Å²) in [4.78, 5) is 24.6. The number of hydrogen-bond acceptors (Lipinski definition) is 5. The predicted molar refractivity (Wildman–Crippen MR) is 115 cm³/mol. The lowest BCUT2D eigenvalue weighted by molar-refractivity contribution is 0.0919. The summed E-state index contributed by atoms with van der Waals surface area (Å²) in [6, 6.07) is 12.8. The number of rotatable bonds is 9. The van der Waals surface area contributed by atoms with E-state index in [1.54, 1.807) is 27.2 Å². The van der Waals surface area contributed by atoms with Gasteiger partial charge in [-0.15, -0.1) is 0 Å². The first-order valence-electron chi connectivity index (χ1n) is 9.78. The first-order chi connectivity index (χ1) is 14.9. The Morgan fingerprint density at radius 2 is 1.71 bits per heavy atom. The lowest BCUT2D eigenvalue weighted by Crippen LogP contribution is -2.20. The summed E-state index contributed by atoms with van der Waals surface area (Å²) in [7, 11) is 1.60. The van der Waals surface area contributed by atoms with Crippen LogP contribution in [0.1, 0.15) is 21.6 Å². The molecule has 0 aliphatic carbocycles. The van der Waals surface area contributed by atoms with Gasteiger partial charge in [0.2, 0.25) is 5.43 Å². The molecular formula is C24H24FNO5. The zero-order valence-corrected chi connectivity index (χ0v) is 17.7. The molecule has 1 aromatic heterocycles. The molecule has 162 valence electrons. The molecule has 0 unspecified atom stereocenters. The standard InChI is InChI=1S/C24H24FNO5/c1-16-14-18(4-9-21(16)25)23(28)15-31-24-17(2)26(11-10-22(24)27)12-13-30-20-7-5-19(29-3)6-8-20/h4-11,14H,12-13,15H2,1-3H3. The Morgan fingerprint density at radius 3 is 2.39 bits per heavy atom. The number of benzene rings is 2. The van der Waals surface area contributed by atoms with Gasteiger partial charge in [-0.2, -0.15) is 0 Å². The van der Waals surface area contributed by atoms with Crippen molar-refractivity contribution in [3.05, 3.63) is 87.6 Å². The highest BCUT2D eigenvalue weighted by Gasteiger charge is 2.13. The van der Waals surface area contributed by atoms with Gasteiger partial charge in [-0.05, 0) is 61.9 Å². The van der Waals surface area contributed by atoms with Crippen LogP contribution < -0.4 is 19.6 Å². The van der Waals surface area contributed by atoms with Crippen LogP contribution in [0.3, 0.4) is 0 Å². The lowest BCUT2D eigenvalue weighted by Gasteiger charge is -2.15. The molecule has 0 saturated heterocycles. The third-order valence-electron chi connectivity index (χ3n) is 4.88. The SMILES string of the molecule is COc1ccc(OCCn2ccc(=O)c(OCC(=O)c3ccc(F)c(C)c3)c2C)cc1. The number of pyridine rings is 1. The highest BCUT2D eigenvalue weighted by molar-refractivity contribution is 5.97. The van der Waals surface area contributed by atoms with Crippen molar-refractivity contribution in [2.24, 2.45) is 0 Å². The fourth-order valence-corrected chi connectivity index (χ4v) is 3.04. The monoisotopic (exact) mass is 425 g/mol. The van der Waals surface area contributed by atoms with Gasteiger partial charge in [-0.3, -0.25) is 9.59 Å². The highest BCUT2D eigenvalue weighted by atomic mass is 19.1. The number of aromatic nitrogens is 1. The number of halogens is 1. The Hall–Kier alpha value is -3.61. The van der Waals surface area contributed by atoms with E-state index in [1.165, 1.54) is 24.3 Å². The molecule has 0 bridgehead atoms. The summed E-state index contributed by atoms with van der Waals surface area (Å²) in [6.07, 6.45) is 1.66. The van der Waals surface area contributed by atoms with E-state index in [0.717, 1.165) is 5.75 Å². The van der Waals surface area contributed by atoms with Crippen molar-refractivity contribution in [3.8, 4) is 17.2 Å². The van der Waals surface area contributed by atoms with Crippen molar-refractivity contribution >= 4 is 5.78 Å². The zero-order valence-electron chi connectivity index (χ0n) is 17.7. The van der Waals surface area contributed by atoms with Gasteiger partial charge >= 0.3 is 0 Å². The molecule has 3 aromatic rings. The van der Waals surface area contributed by atoms with Crippen LogP contribution in [0.5, 0.6) is 17.2 Å². The van der Waals surface area contributed by atoms with Crippen LogP contribution >= 0.6 is 0 Å². The number of methoxy groups -OCH3 is 1. The van der Waals surface area contributed by atoms with Crippen LogP contribution in [0.2, 0.25) is 0 Å². The van der Waals surface area contributed by atoms with Crippen LogP contribution in [0, 0.1) is 19.7 Å². The first-order valence-corrected chi connectivity index (χ1v) is 9.78. The quantitative estimate of drug-likeness (QED) is 0.486. The summed E-state index contributed by atoms with van der Waals surface area (Å²) in [6.45, 7) is 3.88. The van der Waals surface area contributed by atoms with Gasteiger partial charge in [0, 0.05) is 17.8 Å². The molecule has 0 spiro atoms. The smallest absolute Gasteiger partial charge is 0.223 e. The largest absolute Gasteiger partial charge is 0.497 e. The van der Waals surface area contributed by atoms with E-state index in [2.05, 4.69) is 0 Å². The van der Waals surface area contributed by atoms with Crippen LogP contribution in [-0.2, 0) is 6.54 Å². The minimum absolute atomic E-state index is 0.110. The molecule has 6 nitrogen and oxygen atoms in total. The second-order valence-electron chi connectivity index (χ2n) is 6.99. The molecule has 0 aliphatic rings.